The van der Waals surface area contributed by atoms with Gasteiger partial charge in [0.2, 0.25) is 10.0 Å². The molecule has 0 amide bonds. The maximum atomic E-state index is 12.0. The zero-order valence-electron chi connectivity index (χ0n) is 12.1. The van der Waals surface area contributed by atoms with Crippen LogP contribution >= 0.6 is 0 Å². The molecule has 0 spiro atoms. The summed E-state index contributed by atoms with van der Waals surface area (Å²) in [4.78, 5) is 17.8. The van der Waals surface area contributed by atoms with E-state index in [2.05, 4.69) is 29.6 Å². The Kier molecular flexibility index (Phi) is 3.26. The highest BCUT2D eigenvalue weighted by Gasteiger charge is 2.37. The number of anilines is 1. The van der Waals surface area contributed by atoms with Gasteiger partial charge in [-0.3, -0.25) is 0 Å². The van der Waals surface area contributed by atoms with Gasteiger partial charge in [0.15, 0.2) is 11.5 Å². The lowest BCUT2D eigenvalue weighted by Gasteiger charge is -2.33. The highest BCUT2D eigenvalue weighted by atomic mass is 32.2. The Morgan fingerprint density at radius 1 is 1.14 bits per heavy atom. The number of sulfonamides is 1. The Bertz CT molecular complexity index is 777. The molecule has 1 saturated carbocycles. The molecule has 9 heteroatoms. The van der Waals surface area contributed by atoms with Gasteiger partial charge in [-0.15, -0.1) is 0 Å². The lowest BCUT2D eigenvalue weighted by atomic mass is 10.1. The van der Waals surface area contributed by atoms with Crippen LogP contribution in [0.1, 0.15) is 25.7 Å². The Morgan fingerprint density at radius 3 is 2.64 bits per heavy atom. The number of piperidine rings is 1. The van der Waals surface area contributed by atoms with Crippen molar-refractivity contribution in [3.8, 4) is 0 Å². The van der Waals surface area contributed by atoms with E-state index in [9.17, 15) is 8.42 Å². The van der Waals surface area contributed by atoms with Gasteiger partial charge in [-0.25, -0.2) is 28.1 Å². The predicted octanol–water partition coefficient (Wildman–Crippen LogP) is 0.404. The number of fused-ring (bicyclic) bond motifs is 1. The number of nitrogens with zero attached hydrogens (tertiary/aromatic N) is 4. The summed E-state index contributed by atoms with van der Waals surface area (Å²) < 4.78 is 26.8. The van der Waals surface area contributed by atoms with Gasteiger partial charge in [0, 0.05) is 19.1 Å². The van der Waals surface area contributed by atoms with Gasteiger partial charge >= 0.3 is 0 Å². The molecule has 8 nitrogen and oxygen atoms in total. The van der Waals surface area contributed by atoms with Crippen molar-refractivity contribution in [1.82, 2.24) is 24.7 Å². The van der Waals surface area contributed by atoms with Crippen molar-refractivity contribution in [1.29, 1.82) is 0 Å². The van der Waals surface area contributed by atoms with Crippen LogP contribution in [0.4, 0.5) is 5.82 Å². The number of hydrogen-bond acceptors (Lipinski definition) is 6. The number of nitrogens with one attached hydrogen (secondary N) is 2. The van der Waals surface area contributed by atoms with Gasteiger partial charge in [-0.1, -0.05) is 0 Å². The van der Waals surface area contributed by atoms with Gasteiger partial charge in [-0.2, -0.15) is 0 Å². The smallest absolute Gasteiger partial charge is 0.214 e. The van der Waals surface area contributed by atoms with E-state index in [4.69, 9.17) is 0 Å². The van der Waals surface area contributed by atoms with Gasteiger partial charge in [-0.05, 0) is 25.7 Å². The van der Waals surface area contributed by atoms with E-state index in [-0.39, 0.29) is 11.3 Å². The molecule has 2 aromatic rings. The third kappa shape index (κ3) is 2.54. The van der Waals surface area contributed by atoms with Gasteiger partial charge in [0.05, 0.1) is 11.6 Å². The van der Waals surface area contributed by atoms with Crippen molar-refractivity contribution in [3.05, 3.63) is 12.7 Å². The average Bonchev–Trinajstić information content (AvgIpc) is 3.26. The van der Waals surface area contributed by atoms with Crippen LogP contribution in [-0.2, 0) is 10.0 Å². The van der Waals surface area contributed by atoms with Crippen LogP contribution in [0.3, 0.4) is 0 Å². The van der Waals surface area contributed by atoms with Gasteiger partial charge in [0.25, 0.3) is 0 Å². The zero-order valence-corrected chi connectivity index (χ0v) is 12.9. The number of aromatic nitrogens is 4. The van der Waals surface area contributed by atoms with Crippen molar-refractivity contribution in [2.75, 3.05) is 18.0 Å². The van der Waals surface area contributed by atoms with Crippen LogP contribution in [0, 0.1) is 0 Å². The first kappa shape index (κ1) is 13.9. The van der Waals surface area contributed by atoms with Crippen LogP contribution in [0.25, 0.3) is 11.2 Å². The molecule has 3 heterocycles. The standard InChI is InChI=1S/C13H18N6O2S/c20-22(21,10-1-2-10)18-9-3-5-19(6-4-9)13-11-12(15-7-14-11)16-8-17-13/h7-10,18H,1-6H2,(H,14,15,16,17). The molecule has 0 unspecified atom stereocenters. The number of rotatable bonds is 4. The summed E-state index contributed by atoms with van der Waals surface area (Å²) in [5.41, 5.74) is 1.49. The molecule has 4 rings (SSSR count). The molecule has 0 aromatic carbocycles. The van der Waals surface area contributed by atoms with Crippen LogP contribution in [0.5, 0.6) is 0 Å². The number of H-pyrrole nitrogens is 1. The number of aromatic amines is 1. The molecule has 0 bridgehead atoms. The Morgan fingerprint density at radius 2 is 1.91 bits per heavy atom. The average molecular weight is 322 g/mol. The lowest BCUT2D eigenvalue weighted by molar-refractivity contribution is 0.458. The summed E-state index contributed by atoms with van der Waals surface area (Å²) >= 11 is 0. The Labute approximate surface area is 128 Å². The second kappa shape index (κ2) is 5.17. The molecule has 2 aliphatic rings. The largest absolute Gasteiger partial charge is 0.355 e. The fourth-order valence-corrected chi connectivity index (χ4v) is 4.56. The molecular formula is C13H18N6O2S. The second-order valence-corrected chi connectivity index (χ2v) is 7.91. The van der Waals surface area contributed by atoms with Crippen LogP contribution in [0.2, 0.25) is 0 Å². The summed E-state index contributed by atoms with van der Waals surface area (Å²) in [6.07, 6.45) is 6.29. The normalized spacial score (nSPS) is 20.6. The topological polar surface area (TPSA) is 104 Å². The maximum absolute atomic E-state index is 12.0. The van der Waals surface area contributed by atoms with E-state index >= 15 is 0 Å². The molecule has 1 aliphatic heterocycles. The first-order chi connectivity index (χ1) is 10.6. The molecule has 22 heavy (non-hydrogen) atoms. The third-order valence-electron chi connectivity index (χ3n) is 4.29. The Balaban J connectivity index is 1.44. The monoisotopic (exact) mass is 322 g/mol. The molecule has 2 N–H and O–H groups in total. The van der Waals surface area contributed by atoms with Crippen LogP contribution in [0.15, 0.2) is 12.7 Å². The van der Waals surface area contributed by atoms with Crippen LogP contribution in [-0.4, -0.2) is 52.7 Å². The van der Waals surface area contributed by atoms with Gasteiger partial charge < -0.3 is 9.88 Å². The summed E-state index contributed by atoms with van der Waals surface area (Å²) in [6.45, 7) is 1.53. The maximum Gasteiger partial charge on any atom is 0.214 e. The highest BCUT2D eigenvalue weighted by Crippen LogP contribution is 2.29. The fourth-order valence-electron chi connectivity index (χ4n) is 2.91. The van der Waals surface area contributed by atoms with E-state index < -0.39 is 10.0 Å². The molecule has 1 aliphatic carbocycles. The molecule has 118 valence electrons. The summed E-state index contributed by atoms with van der Waals surface area (Å²) in [6, 6.07) is 0.0287. The molecule has 2 fully saturated rings. The van der Waals surface area contributed by atoms with Gasteiger partial charge in [0.1, 0.15) is 11.8 Å². The van der Waals surface area contributed by atoms with Crippen LogP contribution < -0.4 is 9.62 Å². The van der Waals surface area contributed by atoms with Crippen molar-refractivity contribution in [2.24, 2.45) is 0 Å². The quantitative estimate of drug-likeness (QED) is 0.844. The fraction of sp³-hybridized carbons (Fsp3) is 0.615. The number of imidazole rings is 1. The van der Waals surface area contributed by atoms with Crippen molar-refractivity contribution in [2.45, 2.75) is 37.0 Å². The lowest BCUT2D eigenvalue weighted by Crippen LogP contribution is -2.45. The van der Waals surface area contributed by atoms with Crippen molar-refractivity contribution in [3.63, 3.8) is 0 Å². The first-order valence-electron chi connectivity index (χ1n) is 7.53. The minimum Gasteiger partial charge on any atom is -0.355 e. The number of hydrogen-bond donors (Lipinski definition) is 2. The van der Waals surface area contributed by atoms with E-state index in [0.717, 1.165) is 50.1 Å². The Hall–Kier alpha value is -1.74. The second-order valence-electron chi connectivity index (χ2n) is 5.92. The van der Waals surface area contributed by atoms with E-state index in [1.807, 2.05) is 0 Å². The molecule has 1 saturated heterocycles. The molecule has 0 atom stereocenters. The molecular weight excluding hydrogens is 304 g/mol. The predicted molar refractivity (Wildman–Crippen MR) is 82.0 cm³/mol. The minimum absolute atomic E-state index is 0.0287. The third-order valence-corrected chi connectivity index (χ3v) is 6.30. The summed E-state index contributed by atoms with van der Waals surface area (Å²) in [7, 11) is -3.10. The highest BCUT2D eigenvalue weighted by molar-refractivity contribution is 7.90. The van der Waals surface area contributed by atoms with E-state index in [1.165, 1.54) is 6.33 Å². The summed E-state index contributed by atoms with van der Waals surface area (Å²) in [5.74, 6) is 0.839. The van der Waals surface area contributed by atoms with Crippen molar-refractivity contribution >= 4 is 27.0 Å². The van der Waals surface area contributed by atoms with E-state index in [1.54, 1.807) is 6.33 Å². The molecule has 0 radical (unpaired) electrons. The summed E-state index contributed by atoms with van der Waals surface area (Å²) in [5, 5.41) is -0.156. The zero-order chi connectivity index (χ0) is 15.2. The molecule has 2 aromatic heterocycles. The minimum atomic E-state index is -3.10. The SMILES string of the molecule is O=S(=O)(NC1CCN(c2ncnc3nc[nH]c23)CC1)C1CC1. The first-order valence-corrected chi connectivity index (χ1v) is 9.08. The van der Waals surface area contributed by atoms with Crippen molar-refractivity contribution < 1.29 is 8.42 Å². The van der Waals surface area contributed by atoms with E-state index in [0.29, 0.717) is 5.65 Å².